The van der Waals surface area contributed by atoms with Gasteiger partial charge in [-0.2, -0.15) is 5.10 Å². The Balaban J connectivity index is 1.20. The molecule has 0 amide bonds. The van der Waals surface area contributed by atoms with Crippen molar-refractivity contribution in [3.63, 3.8) is 0 Å². The molecule has 8 heteroatoms. The molecule has 0 atom stereocenters. The van der Waals surface area contributed by atoms with Crippen LogP contribution in [0.2, 0.25) is 0 Å². The van der Waals surface area contributed by atoms with Crippen LogP contribution in [0.25, 0.3) is 55.6 Å². The molecule has 184 valence electrons. The highest BCUT2D eigenvalue weighted by Crippen LogP contribution is 2.34. The highest BCUT2D eigenvalue weighted by Gasteiger charge is 2.16. The van der Waals surface area contributed by atoms with Crippen molar-refractivity contribution in [2.45, 2.75) is 32.2 Å². The molecule has 8 nitrogen and oxygen atoms in total. The summed E-state index contributed by atoms with van der Waals surface area (Å²) in [7, 11) is 0. The molecule has 0 bridgehead atoms. The summed E-state index contributed by atoms with van der Waals surface area (Å²) >= 11 is 0. The van der Waals surface area contributed by atoms with Crippen LogP contribution in [0.15, 0.2) is 72.2 Å². The summed E-state index contributed by atoms with van der Waals surface area (Å²) in [5, 5.41) is 13.4. The fourth-order valence-corrected chi connectivity index (χ4v) is 5.47. The van der Waals surface area contributed by atoms with Crippen LogP contribution in [0.4, 0.5) is 0 Å². The van der Waals surface area contributed by atoms with Gasteiger partial charge in [-0.3, -0.25) is 20.1 Å². The molecule has 6 aromatic heterocycles. The molecule has 7 rings (SSSR count). The van der Waals surface area contributed by atoms with E-state index in [-0.39, 0.29) is 0 Å². The fraction of sp³-hybridized carbons (Fsp3) is 0.241. The van der Waals surface area contributed by atoms with Crippen LogP contribution in [0.1, 0.15) is 31.2 Å². The molecule has 0 unspecified atom stereocenters. The summed E-state index contributed by atoms with van der Waals surface area (Å²) < 4.78 is 5.29. The Morgan fingerprint density at radius 3 is 2.73 bits per heavy atom. The summed E-state index contributed by atoms with van der Waals surface area (Å²) in [5.41, 5.74) is 8.63. The van der Waals surface area contributed by atoms with Crippen LogP contribution in [-0.2, 0) is 6.54 Å². The molecule has 0 spiro atoms. The SMILES string of the molecule is c1cc(-c2cncc3[nH]c(-c4n[nH]c5cnc(-c6cncc(CNCC7CCCC7)c6)cc45)cc23)co1. The summed E-state index contributed by atoms with van der Waals surface area (Å²) in [6.45, 7) is 1.90. The lowest BCUT2D eigenvalue weighted by molar-refractivity contribution is 0.489. The minimum absolute atomic E-state index is 0.816. The number of aromatic amines is 2. The molecule has 0 aliphatic heterocycles. The zero-order valence-electron chi connectivity index (χ0n) is 20.4. The van der Waals surface area contributed by atoms with Crippen LogP contribution < -0.4 is 5.32 Å². The summed E-state index contributed by atoms with van der Waals surface area (Å²) in [5.74, 6) is 0.816. The highest BCUT2D eigenvalue weighted by molar-refractivity contribution is 6.00. The average molecular weight is 490 g/mol. The minimum atomic E-state index is 0.816. The van der Waals surface area contributed by atoms with Crippen molar-refractivity contribution in [3.05, 3.63) is 73.3 Å². The third-order valence-corrected chi connectivity index (χ3v) is 7.41. The van der Waals surface area contributed by atoms with E-state index in [1.165, 1.54) is 31.2 Å². The molecule has 6 heterocycles. The minimum Gasteiger partial charge on any atom is -0.472 e. The lowest BCUT2D eigenvalue weighted by atomic mass is 10.1. The monoisotopic (exact) mass is 489 g/mol. The van der Waals surface area contributed by atoms with Gasteiger partial charge in [0, 0.05) is 52.6 Å². The van der Waals surface area contributed by atoms with Crippen LogP contribution in [-0.4, -0.2) is 36.7 Å². The first-order valence-electron chi connectivity index (χ1n) is 12.8. The maximum Gasteiger partial charge on any atom is 0.116 e. The Labute approximate surface area is 213 Å². The van der Waals surface area contributed by atoms with Gasteiger partial charge >= 0.3 is 0 Å². The zero-order chi connectivity index (χ0) is 24.6. The zero-order valence-corrected chi connectivity index (χ0v) is 20.4. The number of fused-ring (bicyclic) bond motifs is 2. The van der Waals surface area contributed by atoms with E-state index in [0.717, 1.165) is 74.6 Å². The average Bonchev–Trinajstić information content (AvgIpc) is 3.74. The van der Waals surface area contributed by atoms with E-state index in [0.29, 0.717) is 0 Å². The first-order chi connectivity index (χ1) is 18.3. The first-order valence-corrected chi connectivity index (χ1v) is 12.8. The lowest BCUT2D eigenvalue weighted by Gasteiger charge is -2.11. The highest BCUT2D eigenvalue weighted by atomic mass is 16.3. The lowest BCUT2D eigenvalue weighted by Crippen LogP contribution is -2.20. The van der Waals surface area contributed by atoms with Crippen LogP contribution in [0.5, 0.6) is 0 Å². The van der Waals surface area contributed by atoms with E-state index in [1.54, 1.807) is 12.5 Å². The van der Waals surface area contributed by atoms with Gasteiger partial charge in [0.15, 0.2) is 0 Å². The van der Waals surface area contributed by atoms with Gasteiger partial charge in [0.05, 0.1) is 47.3 Å². The van der Waals surface area contributed by atoms with Gasteiger partial charge in [-0.25, -0.2) is 0 Å². The predicted octanol–water partition coefficient (Wildman–Crippen LogP) is 6.10. The third kappa shape index (κ3) is 4.19. The van der Waals surface area contributed by atoms with Gasteiger partial charge in [-0.1, -0.05) is 12.8 Å². The third-order valence-electron chi connectivity index (χ3n) is 7.41. The summed E-state index contributed by atoms with van der Waals surface area (Å²) in [4.78, 5) is 17.1. The van der Waals surface area contributed by atoms with E-state index >= 15 is 0 Å². The Morgan fingerprint density at radius 1 is 0.919 bits per heavy atom. The Bertz CT molecular complexity index is 1680. The second-order valence-electron chi connectivity index (χ2n) is 9.89. The number of aromatic nitrogens is 6. The standard InChI is InChI=1S/C29H27N7O/c1-2-4-18(3-1)10-30-11-19-7-21(13-31-12-19)25-9-23-28(16-33-25)35-36-29(23)26-8-22-24(20-5-6-37-17-20)14-32-15-27(22)34-26/h5-9,12-18,30,34H,1-4,10-11H2,(H,35,36). The Hall–Kier alpha value is -4.30. The van der Waals surface area contributed by atoms with Crippen LogP contribution >= 0.6 is 0 Å². The smallest absolute Gasteiger partial charge is 0.116 e. The Morgan fingerprint density at radius 2 is 1.84 bits per heavy atom. The number of hydrogen-bond donors (Lipinski definition) is 3. The van der Waals surface area contributed by atoms with Gasteiger partial charge in [-0.15, -0.1) is 0 Å². The number of nitrogens with zero attached hydrogens (tertiary/aromatic N) is 4. The molecule has 3 N–H and O–H groups in total. The van der Waals surface area contributed by atoms with E-state index < -0.39 is 0 Å². The second kappa shape index (κ2) is 9.29. The molecule has 1 aliphatic rings. The largest absolute Gasteiger partial charge is 0.472 e. The molecule has 0 aromatic carbocycles. The van der Waals surface area contributed by atoms with Crippen molar-refractivity contribution < 1.29 is 4.42 Å². The van der Waals surface area contributed by atoms with E-state index in [4.69, 9.17) is 9.40 Å². The number of rotatable bonds is 7. The quantitative estimate of drug-likeness (QED) is 0.250. The fourth-order valence-electron chi connectivity index (χ4n) is 5.47. The normalized spacial score (nSPS) is 14.3. The van der Waals surface area contributed by atoms with Crippen molar-refractivity contribution in [3.8, 4) is 33.8 Å². The number of furan rings is 1. The van der Waals surface area contributed by atoms with E-state index in [2.05, 4.69) is 48.7 Å². The summed E-state index contributed by atoms with van der Waals surface area (Å²) in [6.07, 6.45) is 18.2. The van der Waals surface area contributed by atoms with Gasteiger partial charge < -0.3 is 14.7 Å². The first kappa shape index (κ1) is 21.9. The molecule has 6 aromatic rings. The number of hydrogen-bond acceptors (Lipinski definition) is 6. The maximum atomic E-state index is 5.29. The van der Waals surface area contributed by atoms with Crippen molar-refractivity contribution in [1.29, 1.82) is 0 Å². The van der Waals surface area contributed by atoms with Gasteiger partial charge in [0.2, 0.25) is 0 Å². The van der Waals surface area contributed by atoms with Crippen molar-refractivity contribution in [2.75, 3.05) is 6.54 Å². The van der Waals surface area contributed by atoms with Crippen molar-refractivity contribution in [2.24, 2.45) is 5.92 Å². The topological polar surface area (TPSA) is 108 Å². The molecule has 0 saturated heterocycles. The van der Waals surface area contributed by atoms with E-state index in [9.17, 15) is 0 Å². The number of H-pyrrole nitrogens is 2. The van der Waals surface area contributed by atoms with E-state index in [1.807, 2.05) is 37.1 Å². The van der Waals surface area contributed by atoms with Crippen molar-refractivity contribution >= 4 is 21.8 Å². The predicted molar refractivity (Wildman–Crippen MR) is 144 cm³/mol. The van der Waals surface area contributed by atoms with Gasteiger partial charge in [0.1, 0.15) is 5.69 Å². The van der Waals surface area contributed by atoms with Gasteiger partial charge in [0.25, 0.3) is 0 Å². The number of nitrogens with one attached hydrogen (secondary N) is 3. The van der Waals surface area contributed by atoms with Crippen LogP contribution in [0.3, 0.4) is 0 Å². The van der Waals surface area contributed by atoms with Gasteiger partial charge in [-0.05, 0) is 55.1 Å². The molecule has 37 heavy (non-hydrogen) atoms. The molecule has 0 radical (unpaired) electrons. The molecular weight excluding hydrogens is 462 g/mol. The molecule has 1 fully saturated rings. The molecule has 1 saturated carbocycles. The molecule has 1 aliphatic carbocycles. The van der Waals surface area contributed by atoms with Crippen LogP contribution in [0, 0.1) is 5.92 Å². The number of pyridine rings is 3. The van der Waals surface area contributed by atoms with Crippen molar-refractivity contribution in [1.82, 2.24) is 35.5 Å². The maximum absolute atomic E-state index is 5.29. The summed E-state index contributed by atoms with van der Waals surface area (Å²) in [6, 6.07) is 8.32. The molecular formula is C29H27N7O. The Kier molecular flexibility index (Phi) is 5.51. The second-order valence-corrected chi connectivity index (χ2v) is 9.89.